The summed E-state index contributed by atoms with van der Waals surface area (Å²) in [7, 11) is 0. The highest BCUT2D eigenvalue weighted by atomic mass is 16.5. The summed E-state index contributed by atoms with van der Waals surface area (Å²) in [4.78, 5) is 33.5. The van der Waals surface area contributed by atoms with Crippen LogP contribution < -0.4 is 0 Å². The number of allylic oxidation sites excluding steroid dienone is 1. The van der Waals surface area contributed by atoms with Crippen molar-refractivity contribution in [1.29, 1.82) is 0 Å². The van der Waals surface area contributed by atoms with E-state index < -0.39 is 35.8 Å². The van der Waals surface area contributed by atoms with Crippen molar-refractivity contribution in [3.05, 3.63) is 24.8 Å². The van der Waals surface area contributed by atoms with Crippen LogP contribution in [0.25, 0.3) is 0 Å². The Morgan fingerprint density at radius 1 is 1.40 bits per heavy atom. The highest BCUT2D eigenvalue weighted by Crippen LogP contribution is 2.34. The van der Waals surface area contributed by atoms with E-state index in [2.05, 4.69) is 6.58 Å². The van der Waals surface area contributed by atoms with E-state index in [1.807, 2.05) is 0 Å². The second-order valence-electron chi connectivity index (χ2n) is 4.84. The summed E-state index contributed by atoms with van der Waals surface area (Å²) in [6.45, 7) is 4.93. The van der Waals surface area contributed by atoms with Gasteiger partial charge in [0, 0.05) is 6.08 Å². The molecule has 0 aliphatic heterocycles. The second-order valence-corrected chi connectivity index (χ2v) is 4.84. The summed E-state index contributed by atoms with van der Waals surface area (Å²) >= 11 is 0. The van der Waals surface area contributed by atoms with Gasteiger partial charge in [-0.15, -0.1) is 0 Å². The van der Waals surface area contributed by atoms with E-state index in [9.17, 15) is 19.5 Å². The van der Waals surface area contributed by atoms with Crippen LogP contribution in [0, 0.1) is 17.8 Å². The molecule has 0 amide bonds. The fourth-order valence-electron chi connectivity index (χ4n) is 2.51. The summed E-state index contributed by atoms with van der Waals surface area (Å²) in [6.07, 6.45) is 4.38. The Kier molecular flexibility index (Phi) is 5.49. The molecule has 1 aliphatic carbocycles. The van der Waals surface area contributed by atoms with Crippen LogP contribution in [0.1, 0.15) is 19.8 Å². The topological polar surface area (TPSA) is 101 Å². The normalized spacial score (nSPS) is 26.6. The van der Waals surface area contributed by atoms with E-state index in [-0.39, 0.29) is 5.92 Å². The van der Waals surface area contributed by atoms with Crippen molar-refractivity contribution in [3.8, 4) is 0 Å². The summed E-state index contributed by atoms with van der Waals surface area (Å²) < 4.78 is 5.00. The van der Waals surface area contributed by atoms with E-state index in [0.717, 1.165) is 6.08 Å². The SMILES string of the molecule is C=CC(=O)OC(C)CC1CC=CC(C(=O)O)C1C(=O)O. The molecule has 0 saturated heterocycles. The lowest BCUT2D eigenvalue weighted by Gasteiger charge is -2.31. The van der Waals surface area contributed by atoms with E-state index in [4.69, 9.17) is 9.84 Å². The molecule has 1 rings (SSSR count). The number of esters is 1. The van der Waals surface area contributed by atoms with Crippen LogP contribution in [-0.4, -0.2) is 34.2 Å². The van der Waals surface area contributed by atoms with Crippen molar-refractivity contribution < 1.29 is 29.3 Å². The smallest absolute Gasteiger partial charge is 0.330 e. The minimum Gasteiger partial charge on any atom is -0.481 e. The number of ether oxygens (including phenoxy) is 1. The van der Waals surface area contributed by atoms with Crippen LogP contribution in [0.2, 0.25) is 0 Å². The van der Waals surface area contributed by atoms with Crippen molar-refractivity contribution in [1.82, 2.24) is 0 Å². The van der Waals surface area contributed by atoms with Gasteiger partial charge in [-0.05, 0) is 25.7 Å². The number of aliphatic carboxylic acids is 2. The average Bonchev–Trinajstić information content (AvgIpc) is 2.37. The maximum atomic E-state index is 11.3. The minimum atomic E-state index is -1.16. The Labute approximate surface area is 116 Å². The van der Waals surface area contributed by atoms with Gasteiger partial charge in [0.15, 0.2) is 0 Å². The van der Waals surface area contributed by atoms with Gasteiger partial charge in [0.05, 0.1) is 17.9 Å². The third-order valence-electron chi connectivity index (χ3n) is 3.37. The van der Waals surface area contributed by atoms with Gasteiger partial charge in [-0.2, -0.15) is 0 Å². The van der Waals surface area contributed by atoms with Crippen molar-refractivity contribution in [2.24, 2.45) is 17.8 Å². The quantitative estimate of drug-likeness (QED) is 0.434. The van der Waals surface area contributed by atoms with Gasteiger partial charge >= 0.3 is 17.9 Å². The Bertz CT molecular complexity index is 439. The number of carboxylic acids is 2. The Hall–Kier alpha value is -2.11. The third-order valence-corrected chi connectivity index (χ3v) is 3.37. The molecule has 110 valence electrons. The Morgan fingerprint density at radius 2 is 2.05 bits per heavy atom. The number of hydrogen-bond acceptors (Lipinski definition) is 4. The second kappa shape index (κ2) is 6.88. The minimum absolute atomic E-state index is 0.296. The standard InChI is InChI=1S/C14H18O6/c1-3-11(15)20-8(2)7-9-5-4-6-10(13(16)17)12(9)14(18)19/h3-4,6,8-10,12H,1,5,7H2,2H3,(H,16,17)(H,18,19). The predicted octanol–water partition coefficient (Wildman–Crippen LogP) is 1.47. The molecule has 0 aromatic heterocycles. The molecular formula is C14H18O6. The zero-order valence-corrected chi connectivity index (χ0v) is 11.2. The first-order valence-corrected chi connectivity index (χ1v) is 6.32. The highest BCUT2D eigenvalue weighted by Gasteiger charge is 2.40. The van der Waals surface area contributed by atoms with Crippen LogP contribution in [-0.2, 0) is 19.1 Å². The highest BCUT2D eigenvalue weighted by molar-refractivity contribution is 5.82. The largest absolute Gasteiger partial charge is 0.481 e. The fourth-order valence-corrected chi connectivity index (χ4v) is 2.51. The van der Waals surface area contributed by atoms with E-state index in [1.54, 1.807) is 13.0 Å². The van der Waals surface area contributed by atoms with Gasteiger partial charge in [0.2, 0.25) is 0 Å². The van der Waals surface area contributed by atoms with Crippen LogP contribution in [0.15, 0.2) is 24.8 Å². The molecule has 0 saturated carbocycles. The van der Waals surface area contributed by atoms with Crippen LogP contribution in [0.3, 0.4) is 0 Å². The van der Waals surface area contributed by atoms with Gasteiger partial charge in [-0.3, -0.25) is 9.59 Å². The summed E-state index contributed by atoms with van der Waals surface area (Å²) in [5, 5.41) is 18.3. The summed E-state index contributed by atoms with van der Waals surface area (Å²) in [5.41, 5.74) is 0. The zero-order valence-electron chi connectivity index (χ0n) is 11.2. The predicted molar refractivity (Wildman–Crippen MR) is 69.9 cm³/mol. The maximum absolute atomic E-state index is 11.3. The molecule has 0 radical (unpaired) electrons. The zero-order chi connectivity index (χ0) is 15.3. The number of hydrogen-bond donors (Lipinski definition) is 2. The number of carboxylic acid groups (broad SMARTS) is 2. The van der Waals surface area contributed by atoms with Gasteiger partial charge < -0.3 is 14.9 Å². The monoisotopic (exact) mass is 282 g/mol. The fraction of sp³-hybridized carbons (Fsp3) is 0.500. The van der Waals surface area contributed by atoms with Crippen molar-refractivity contribution in [2.75, 3.05) is 0 Å². The average molecular weight is 282 g/mol. The Balaban J connectivity index is 2.79. The molecule has 4 unspecified atom stereocenters. The van der Waals surface area contributed by atoms with Crippen LogP contribution in [0.5, 0.6) is 0 Å². The molecule has 0 spiro atoms. The first kappa shape index (κ1) is 15.9. The summed E-state index contributed by atoms with van der Waals surface area (Å²) in [6, 6.07) is 0. The van der Waals surface area contributed by atoms with E-state index >= 15 is 0 Å². The molecule has 0 bridgehead atoms. The lowest BCUT2D eigenvalue weighted by molar-refractivity contribution is -0.155. The van der Waals surface area contributed by atoms with Gasteiger partial charge in [0.25, 0.3) is 0 Å². The molecular weight excluding hydrogens is 264 g/mol. The van der Waals surface area contributed by atoms with E-state index in [1.165, 1.54) is 6.08 Å². The molecule has 20 heavy (non-hydrogen) atoms. The van der Waals surface area contributed by atoms with Crippen molar-refractivity contribution in [3.63, 3.8) is 0 Å². The third kappa shape index (κ3) is 3.94. The lowest BCUT2D eigenvalue weighted by Crippen LogP contribution is -2.38. The number of rotatable bonds is 6. The van der Waals surface area contributed by atoms with Gasteiger partial charge in [0.1, 0.15) is 0 Å². The molecule has 0 aromatic rings. The van der Waals surface area contributed by atoms with Gasteiger partial charge in [-0.25, -0.2) is 4.79 Å². The van der Waals surface area contributed by atoms with Crippen LogP contribution >= 0.6 is 0 Å². The molecule has 6 heteroatoms. The molecule has 0 heterocycles. The number of carbonyl (C=O) groups excluding carboxylic acids is 1. The number of carbonyl (C=O) groups is 3. The lowest BCUT2D eigenvalue weighted by atomic mass is 9.73. The Morgan fingerprint density at radius 3 is 2.55 bits per heavy atom. The molecule has 2 N–H and O–H groups in total. The first-order chi connectivity index (χ1) is 9.36. The molecule has 6 nitrogen and oxygen atoms in total. The van der Waals surface area contributed by atoms with Crippen LogP contribution in [0.4, 0.5) is 0 Å². The molecule has 1 aliphatic rings. The van der Waals surface area contributed by atoms with Crippen molar-refractivity contribution in [2.45, 2.75) is 25.9 Å². The van der Waals surface area contributed by atoms with E-state index in [0.29, 0.717) is 12.8 Å². The maximum Gasteiger partial charge on any atom is 0.330 e. The first-order valence-electron chi connectivity index (χ1n) is 6.32. The summed E-state index contributed by atoms with van der Waals surface area (Å²) in [5.74, 6) is -5.32. The molecule has 0 aromatic carbocycles. The molecule has 0 fully saturated rings. The molecule has 4 atom stereocenters. The van der Waals surface area contributed by atoms with Gasteiger partial charge in [-0.1, -0.05) is 18.7 Å². The van der Waals surface area contributed by atoms with Crippen molar-refractivity contribution >= 4 is 17.9 Å².